The van der Waals surface area contributed by atoms with Gasteiger partial charge in [0.05, 0.1) is 20.8 Å². The molecule has 1 aromatic carbocycles. The van der Waals surface area contributed by atoms with Crippen LogP contribution in [0.3, 0.4) is 0 Å². The first kappa shape index (κ1) is 26.1. The molecule has 1 aromatic rings. The highest BCUT2D eigenvalue weighted by Gasteiger charge is 2.25. The molecule has 1 atom stereocenters. The lowest BCUT2D eigenvalue weighted by atomic mass is 10.3. The summed E-state index contributed by atoms with van der Waals surface area (Å²) in [6.45, 7) is 7.45. The molecule has 8 nitrogen and oxygen atoms in total. The maximum Gasteiger partial charge on any atom is 0.222 e. The van der Waals surface area contributed by atoms with Gasteiger partial charge in [-0.2, -0.15) is 0 Å². The number of aliphatic imine (C=N–C) groups is 1. The molecular formula is C21H35IN4O4. The summed E-state index contributed by atoms with van der Waals surface area (Å²) in [7, 11) is 3.23. The Bertz CT molecular complexity index is 665. The molecule has 1 aliphatic heterocycles. The van der Waals surface area contributed by atoms with Crippen LogP contribution >= 0.6 is 24.0 Å². The number of nitrogens with one attached hydrogen (secondary N) is 2. The zero-order chi connectivity index (χ0) is 21.1. The normalized spacial score (nSPS) is 15.9. The van der Waals surface area contributed by atoms with Gasteiger partial charge in [-0.1, -0.05) is 6.92 Å². The minimum atomic E-state index is 0. The van der Waals surface area contributed by atoms with E-state index in [4.69, 9.17) is 14.2 Å². The van der Waals surface area contributed by atoms with Gasteiger partial charge in [0.25, 0.3) is 0 Å². The molecule has 0 saturated carbocycles. The van der Waals surface area contributed by atoms with Gasteiger partial charge in [-0.3, -0.25) is 9.79 Å². The lowest BCUT2D eigenvalue weighted by Gasteiger charge is -2.18. The number of carbonyl (C=O) groups is 1. The van der Waals surface area contributed by atoms with E-state index in [1.165, 1.54) is 0 Å². The minimum Gasteiger partial charge on any atom is -0.496 e. The van der Waals surface area contributed by atoms with Gasteiger partial charge in [0, 0.05) is 63.3 Å². The number of guanidine groups is 1. The Hall–Kier alpha value is -1.91. The maximum atomic E-state index is 11.8. The molecule has 1 unspecified atom stereocenters. The van der Waals surface area contributed by atoms with Crippen molar-refractivity contribution in [1.82, 2.24) is 15.5 Å². The second-order valence-electron chi connectivity index (χ2n) is 6.83. The molecule has 1 amide bonds. The monoisotopic (exact) mass is 534 g/mol. The van der Waals surface area contributed by atoms with Gasteiger partial charge in [0.15, 0.2) is 5.96 Å². The Morgan fingerprint density at radius 3 is 2.43 bits per heavy atom. The quantitative estimate of drug-likeness (QED) is 0.208. The van der Waals surface area contributed by atoms with Crippen molar-refractivity contribution in [2.75, 3.05) is 47.0 Å². The standard InChI is InChI=1S/C21H34N4O4.HI/c1-5-20(26)25-10-8-16(15-25)24-21(22-6-2)23-9-7-11-29-19-13-17(27-3)12-18(14-19)28-4;/h12-14,16H,5-11,15H2,1-4H3,(H2,22,23,24);1H. The molecule has 2 rings (SSSR count). The van der Waals surface area contributed by atoms with Crippen LogP contribution in [-0.2, 0) is 4.79 Å². The number of halogens is 1. The number of carbonyl (C=O) groups excluding carboxylic acids is 1. The molecule has 2 N–H and O–H groups in total. The van der Waals surface area contributed by atoms with Gasteiger partial charge in [-0.25, -0.2) is 0 Å². The van der Waals surface area contributed by atoms with Crippen molar-refractivity contribution in [1.29, 1.82) is 0 Å². The number of amides is 1. The number of methoxy groups -OCH3 is 2. The van der Waals surface area contributed by atoms with Crippen molar-refractivity contribution in [3.05, 3.63) is 18.2 Å². The van der Waals surface area contributed by atoms with Gasteiger partial charge < -0.3 is 29.7 Å². The van der Waals surface area contributed by atoms with Crippen molar-refractivity contribution in [3.63, 3.8) is 0 Å². The summed E-state index contributed by atoms with van der Waals surface area (Å²) in [6.07, 6.45) is 2.28. The summed E-state index contributed by atoms with van der Waals surface area (Å²) < 4.78 is 16.3. The van der Waals surface area contributed by atoms with Gasteiger partial charge in [0.2, 0.25) is 5.91 Å². The van der Waals surface area contributed by atoms with Crippen molar-refractivity contribution >= 4 is 35.8 Å². The summed E-state index contributed by atoms with van der Waals surface area (Å²) in [6, 6.07) is 5.72. The number of rotatable bonds is 10. The van der Waals surface area contributed by atoms with Gasteiger partial charge in [-0.05, 0) is 13.3 Å². The third-order valence-electron chi connectivity index (χ3n) is 4.69. The fourth-order valence-electron chi connectivity index (χ4n) is 3.15. The van der Waals surface area contributed by atoms with E-state index in [0.717, 1.165) is 38.4 Å². The van der Waals surface area contributed by atoms with E-state index in [1.54, 1.807) is 14.2 Å². The molecule has 0 radical (unpaired) electrons. The molecule has 1 heterocycles. The predicted molar refractivity (Wildman–Crippen MR) is 129 cm³/mol. The molecule has 0 spiro atoms. The zero-order valence-electron chi connectivity index (χ0n) is 18.4. The Morgan fingerprint density at radius 2 is 1.83 bits per heavy atom. The van der Waals surface area contributed by atoms with Gasteiger partial charge in [0.1, 0.15) is 17.2 Å². The number of ether oxygens (including phenoxy) is 3. The molecular weight excluding hydrogens is 499 g/mol. The first-order valence-electron chi connectivity index (χ1n) is 10.3. The van der Waals surface area contributed by atoms with Gasteiger partial charge in [-0.15, -0.1) is 24.0 Å². The van der Waals surface area contributed by atoms with Gasteiger partial charge >= 0.3 is 0 Å². The van der Waals surface area contributed by atoms with E-state index >= 15 is 0 Å². The van der Waals surface area contributed by atoms with Crippen molar-refractivity contribution in [2.24, 2.45) is 4.99 Å². The van der Waals surface area contributed by atoms with Crippen LogP contribution < -0.4 is 24.8 Å². The number of nitrogens with zero attached hydrogens (tertiary/aromatic N) is 2. The van der Waals surface area contributed by atoms with Crippen molar-refractivity contribution in [3.8, 4) is 17.2 Å². The van der Waals surface area contributed by atoms with Crippen molar-refractivity contribution < 1.29 is 19.0 Å². The molecule has 9 heteroatoms. The molecule has 1 saturated heterocycles. The largest absolute Gasteiger partial charge is 0.496 e. The molecule has 0 aromatic heterocycles. The second-order valence-corrected chi connectivity index (χ2v) is 6.83. The highest BCUT2D eigenvalue weighted by atomic mass is 127. The first-order valence-corrected chi connectivity index (χ1v) is 10.3. The Kier molecular flexibility index (Phi) is 12.3. The van der Waals surface area contributed by atoms with Crippen LogP contribution in [0.1, 0.15) is 33.1 Å². The van der Waals surface area contributed by atoms with Crippen LogP contribution in [0, 0.1) is 0 Å². The summed E-state index contributed by atoms with van der Waals surface area (Å²) >= 11 is 0. The third-order valence-corrected chi connectivity index (χ3v) is 4.69. The first-order chi connectivity index (χ1) is 14.1. The fraction of sp³-hybridized carbons (Fsp3) is 0.619. The zero-order valence-corrected chi connectivity index (χ0v) is 20.7. The third kappa shape index (κ3) is 8.45. The molecule has 0 aliphatic carbocycles. The summed E-state index contributed by atoms with van der Waals surface area (Å²) in [5, 5.41) is 6.70. The number of hydrogen-bond acceptors (Lipinski definition) is 5. The highest BCUT2D eigenvalue weighted by molar-refractivity contribution is 14.0. The molecule has 1 aliphatic rings. The Balaban J connectivity index is 0.00000450. The topological polar surface area (TPSA) is 84.4 Å². The fourth-order valence-corrected chi connectivity index (χ4v) is 3.15. The summed E-state index contributed by atoms with van der Waals surface area (Å²) in [4.78, 5) is 18.4. The number of hydrogen-bond donors (Lipinski definition) is 2. The SMILES string of the molecule is CCNC(=NCCCOc1cc(OC)cc(OC)c1)NC1CCN(C(=O)CC)C1.I. The second kappa shape index (κ2) is 14.2. The lowest BCUT2D eigenvalue weighted by Crippen LogP contribution is -2.45. The predicted octanol–water partition coefficient (Wildman–Crippen LogP) is 2.66. The minimum absolute atomic E-state index is 0. The smallest absolute Gasteiger partial charge is 0.222 e. The number of likely N-dealkylation sites (tertiary alicyclic amines) is 1. The number of benzene rings is 1. The molecule has 1 fully saturated rings. The van der Waals surface area contributed by atoms with E-state index < -0.39 is 0 Å². The molecule has 30 heavy (non-hydrogen) atoms. The lowest BCUT2D eigenvalue weighted by molar-refractivity contribution is -0.129. The van der Waals surface area contributed by atoms with E-state index in [2.05, 4.69) is 15.6 Å². The Morgan fingerprint density at radius 1 is 1.17 bits per heavy atom. The molecule has 0 bridgehead atoms. The van der Waals surface area contributed by atoms with Crippen LogP contribution in [0.4, 0.5) is 0 Å². The molecule has 170 valence electrons. The van der Waals surface area contributed by atoms with Crippen LogP contribution in [0.5, 0.6) is 17.2 Å². The van der Waals surface area contributed by atoms with E-state index in [0.29, 0.717) is 36.8 Å². The van der Waals surface area contributed by atoms with Crippen LogP contribution in [0.25, 0.3) is 0 Å². The van der Waals surface area contributed by atoms with Crippen molar-refractivity contribution in [2.45, 2.75) is 39.2 Å². The average Bonchev–Trinajstić information content (AvgIpc) is 3.21. The Labute approximate surface area is 196 Å². The highest BCUT2D eigenvalue weighted by Crippen LogP contribution is 2.27. The van der Waals surface area contributed by atoms with Crippen LogP contribution in [-0.4, -0.2) is 69.8 Å². The van der Waals surface area contributed by atoms with Crippen LogP contribution in [0.15, 0.2) is 23.2 Å². The van der Waals surface area contributed by atoms with E-state index in [-0.39, 0.29) is 35.9 Å². The maximum absolute atomic E-state index is 11.8. The van der Waals surface area contributed by atoms with E-state index in [9.17, 15) is 4.79 Å². The summed E-state index contributed by atoms with van der Waals surface area (Å²) in [5.74, 6) is 3.10. The van der Waals surface area contributed by atoms with Crippen LogP contribution in [0.2, 0.25) is 0 Å². The average molecular weight is 534 g/mol. The summed E-state index contributed by atoms with van der Waals surface area (Å²) in [5.41, 5.74) is 0. The van der Waals surface area contributed by atoms with E-state index in [1.807, 2.05) is 36.9 Å².